The fourth-order valence-corrected chi connectivity index (χ4v) is 3.64. The fraction of sp³-hybridized carbons (Fsp3) is 0.130. The molecule has 2 N–H and O–H groups in total. The van der Waals surface area contributed by atoms with E-state index in [-0.39, 0.29) is 5.91 Å². The Balaban J connectivity index is 1.38. The number of ether oxygens (including phenoxy) is 1. The lowest BCUT2D eigenvalue weighted by Gasteiger charge is -2.08. The van der Waals surface area contributed by atoms with Crippen LogP contribution < -0.4 is 15.4 Å². The number of rotatable bonds is 5. The van der Waals surface area contributed by atoms with Gasteiger partial charge in [-0.3, -0.25) is 9.48 Å². The van der Waals surface area contributed by atoms with Crippen molar-refractivity contribution in [3.63, 3.8) is 0 Å². The van der Waals surface area contributed by atoms with E-state index in [4.69, 9.17) is 9.15 Å². The number of carbonyl (C=O) groups is 1. The molecule has 2 aromatic carbocycles. The number of furan rings is 1. The summed E-state index contributed by atoms with van der Waals surface area (Å²) in [6, 6.07) is 13.0. The zero-order chi connectivity index (χ0) is 22.2. The van der Waals surface area contributed by atoms with E-state index in [9.17, 15) is 4.79 Å². The van der Waals surface area contributed by atoms with Gasteiger partial charge in [-0.25, -0.2) is 9.97 Å². The van der Waals surface area contributed by atoms with Crippen molar-refractivity contribution < 1.29 is 13.9 Å². The number of nitrogens with one attached hydrogen (secondary N) is 2. The van der Waals surface area contributed by atoms with Gasteiger partial charge in [0.05, 0.1) is 17.3 Å². The molecule has 0 radical (unpaired) electrons. The van der Waals surface area contributed by atoms with Gasteiger partial charge in [-0.05, 0) is 37.3 Å². The van der Waals surface area contributed by atoms with Crippen LogP contribution >= 0.6 is 0 Å². The van der Waals surface area contributed by atoms with Crippen LogP contribution in [0.25, 0.3) is 21.9 Å². The van der Waals surface area contributed by atoms with Crippen LogP contribution in [-0.4, -0.2) is 32.7 Å². The summed E-state index contributed by atoms with van der Waals surface area (Å²) in [6.07, 6.45) is 3.25. The summed E-state index contributed by atoms with van der Waals surface area (Å²) in [5, 5.41) is 11.9. The Labute approximate surface area is 183 Å². The van der Waals surface area contributed by atoms with Gasteiger partial charge in [-0.2, -0.15) is 5.10 Å². The van der Waals surface area contributed by atoms with E-state index >= 15 is 0 Å². The van der Waals surface area contributed by atoms with Crippen molar-refractivity contribution in [2.75, 3.05) is 12.4 Å². The van der Waals surface area contributed by atoms with Crippen molar-refractivity contribution >= 4 is 39.3 Å². The van der Waals surface area contributed by atoms with Crippen LogP contribution in [0.3, 0.4) is 0 Å². The van der Waals surface area contributed by atoms with E-state index in [1.165, 1.54) is 6.33 Å². The molecule has 0 aliphatic heterocycles. The van der Waals surface area contributed by atoms with Gasteiger partial charge < -0.3 is 19.8 Å². The Hall–Kier alpha value is -4.40. The van der Waals surface area contributed by atoms with E-state index in [2.05, 4.69) is 25.7 Å². The number of nitrogens with zero attached hydrogens (tertiary/aromatic N) is 4. The molecular weight excluding hydrogens is 408 g/mol. The van der Waals surface area contributed by atoms with Crippen LogP contribution in [0.4, 0.5) is 11.5 Å². The molecule has 0 saturated carbocycles. The van der Waals surface area contributed by atoms with E-state index in [0.29, 0.717) is 34.4 Å². The molecule has 5 rings (SSSR count). The van der Waals surface area contributed by atoms with Gasteiger partial charge in [0.1, 0.15) is 29.2 Å². The standard InChI is InChI=1S/C23H20N6O3/c1-13-22(23(30)24-2)17-6-5-16(9-19(17)31-13)32-21-10-20(25-12-26-21)28-15-4-7-18-14(8-15)11-27-29(18)3/h4-12H,1-3H3,(H,24,30)(H,25,26,28). The second-order valence-corrected chi connectivity index (χ2v) is 7.28. The summed E-state index contributed by atoms with van der Waals surface area (Å²) in [6.45, 7) is 1.76. The number of amides is 1. The summed E-state index contributed by atoms with van der Waals surface area (Å²) in [5.41, 5.74) is 3.01. The zero-order valence-corrected chi connectivity index (χ0v) is 17.7. The minimum Gasteiger partial charge on any atom is -0.460 e. The minimum atomic E-state index is -0.189. The van der Waals surface area contributed by atoms with Gasteiger partial charge in [0.2, 0.25) is 5.88 Å². The summed E-state index contributed by atoms with van der Waals surface area (Å²) >= 11 is 0. The second-order valence-electron chi connectivity index (χ2n) is 7.28. The first-order valence-corrected chi connectivity index (χ1v) is 9.96. The topological polar surface area (TPSA) is 107 Å². The van der Waals surface area contributed by atoms with Crippen molar-refractivity contribution in [2.24, 2.45) is 7.05 Å². The zero-order valence-electron chi connectivity index (χ0n) is 17.7. The molecule has 3 heterocycles. The average Bonchev–Trinajstić information content (AvgIpc) is 3.31. The second kappa shape index (κ2) is 7.69. The highest BCUT2D eigenvalue weighted by atomic mass is 16.5. The van der Waals surface area contributed by atoms with Crippen LogP contribution in [0.2, 0.25) is 0 Å². The molecule has 0 saturated heterocycles. The maximum atomic E-state index is 12.1. The molecule has 9 nitrogen and oxygen atoms in total. The molecule has 0 atom stereocenters. The fourth-order valence-electron chi connectivity index (χ4n) is 3.64. The van der Waals surface area contributed by atoms with Crippen LogP contribution in [-0.2, 0) is 7.05 Å². The Morgan fingerprint density at radius 1 is 1.12 bits per heavy atom. The monoisotopic (exact) mass is 428 g/mol. The van der Waals surface area contributed by atoms with Crippen LogP contribution in [0.15, 0.2) is 59.4 Å². The normalized spacial score (nSPS) is 11.1. The number of benzene rings is 2. The molecule has 3 aromatic heterocycles. The average molecular weight is 428 g/mol. The van der Waals surface area contributed by atoms with Crippen molar-refractivity contribution in [3.05, 3.63) is 66.3 Å². The highest BCUT2D eigenvalue weighted by molar-refractivity contribution is 6.07. The molecule has 0 fully saturated rings. The third-order valence-electron chi connectivity index (χ3n) is 5.17. The van der Waals surface area contributed by atoms with Crippen molar-refractivity contribution in [2.45, 2.75) is 6.92 Å². The number of carbonyl (C=O) groups excluding carboxylic acids is 1. The highest BCUT2D eigenvalue weighted by Crippen LogP contribution is 2.31. The molecule has 0 bridgehead atoms. The number of fused-ring (bicyclic) bond motifs is 2. The molecular formula is C23H20N6O3. The van der Waals surface area contributed by atoms with Crippen LogP contribution in [0.5, 0.6) is 11.6 Å². The lowest BCUT2D eigenvalue weighted by Crippen LogP contribution is -2.18. The first kappa shape index (κ1) is 19.6. The summed E-state index contributed by atoms with van der Waals surface area (Å²) in [5.74, 6) is 1.87. The maximum Gasteiger partial charge on any atom is 0.255 e. The molecule has 0 aliphatic carbocycles. The molecule has 0 unspecified atom stereocenters. The van der Waals surface area contributed by atoms with Gasteiger partial charge in [0.25, 0.3) is 5.91 Å². The van der Waals surface area contributed by atoms with Crippen molar-refractivity contribution in [3.8, 4) is 11.6 Å². The number of hydrogen-bond donors (Lipinski definition) is 2. The Bertz CT molecular complexity index is 1470. The first-order valence-electron chi connectivity index (χ1n) is 9.96. The molecule has 9 heteroatoms. The lowest BCUT2D eigenvalue weighted by atomic mass is 10.1. The molecule has 1 amide bonds. The van der Waals surface area contributed by atoms with Gasteiger partial charge >= 0.3 is 0 Å². The summed E-state index contributed by atoms with van der Waals surface area (Å²) in [4.78, 5) is 20.6. The third-order valence-corrected chi connectivity index (χ3v) is 5.17. The third kappa shape index (κ3) is 3.49. The predicted octanol–water partition coefficient (Wildman–Crippen LogP) is 4.31. The van der Waals surface area contributed by atoms with E-state index < -0.39 is 0 Å². The number of aryl methyl sites for hydroxylation is 2. The first-order chi connectivity index (χ1) is 15.5. The van der Waals surface area contributed by atoms with E-state index in [1.54, 1.807) is 38.2 Å². The van der Waals surface area contributed by atoms with E-state index in [0.717, 1.165) is 22.0 Å². The van der Waals surface area contributed by atoms with E-state index in [1.807, 2.05) is 36.1 Å². The molecule has 0 spiro atoms. The number of anilines is 2. The van der Waals surface area contributed by atoms with Crippen LogP contribution in [0.1, 0.15) is 16.1 Å². The van der Waals surface area contributed by atoms with Crippen molar-refractivity contribution in [1.82, 2.24) is 25.1 Å². The molecule has 32 heavy (non-hydrogen) atoms. The van der Waals surface area contributed by atoms with Gasteiger partial charge in [-0.1, -0.05) is 0 Å². The van der Waals surface area contributed by atoms with Gasteiger partial charge in [0, 0.05) is 42.7 Å². The molecule has 160 valence electrons. The minimum absolute atomic E-state index is 0.189. The lowest BCUT2D eigenvalue weighted by molar-refractivity contribution is 0.0963. The molecule has 5 aromatic rings. The Morgan fingerprint density at radius 3 is 2.84 bits per heavy atom. The summed E-state index contributed by atoms with van der Waals surface area (Å²) < 4.78 is 13.5. The number of aromatic nitrogens is 4. The highest BCUT2D eigenvalue weighted by Gasteiger charge is 2.17. The largest absolute Gasteiger partial charge is 0.460 e. The number of hydrogen-bond acceptors (Lipinski definition) is 7. The smallest absolute Gasteiger partial charge is 0.255 e. The van der Waals surface area contributed by atoms with Gasteiger partial charge in [0.15, 0.2) is 0 Å². The Kier molecular flexibility index (Phi) is 4.70. The molecule has 0 aliphatic rings. The SMILES string of the molecule is CNC(=O)c1c(C)oc2cc(Oc3cc(Nc4ccc5c(cnn5C)c4)ncn3)ccc12. The summed E-state index contributed by atoms with van der Waals surface area (Å²) in [7, 11) is 3.50. The van der Waals surface area contributed by atoms with Crippen molar-refractivity contribution in [1.29, 1.82) is 0 Å². The Morgan fingerprint density at radius 2 is 2.00 bits per heavy atom. The van der Waals surface area contributed by atoms with Crippen LogP contribution in [0, 0.1) is 6.92 Å². The maximum absolute atomic E-state index is 12.1. The van der Waals surface area contributed by atoms with Gasteiger partial charge in [-0.15, -0.1) is 0 Å². The quantitative estimate of drug-likeness (QED) is 0.429. The predicted molar refractivity (Wildman–Crippen MR) is 120 cm³/mol.